The molecule has 4 rings (SSSR count). The van der Waals surface area contributed by atoms with E-state index in [0.29, 0.717) is 6.54 Å². The maximum atomic E-state index is 12.1. The van der Waals surface area contributed by atoms with Gasteiger partial charge in [0.15, 0.2) is 6.61 Å². The van der Waals surface area contributed by atoms with Crippen LogP contribution in [0.2, 0.25) is 0 Å². The van der Waals surface area contributed by atoms with Gasteiger partial charge in [-0.15, -0.1) is 11.3 Å². The fraction of sp³-hybridized carbons (Fsp3) is 0.200. The van der Waals surface area contributed by atoms with Crippen LogP contribution in [-0.4, -0.2) is 31.2 Å². The number of likely N-dealkylation sites (N-methyl/N-ethyl adjacent to an activating group) is 1. The summed E-state index contributed by atoms with van der Waals surface area (Å²) in [6.07, 6.45) is 0. The molecule has 1 amide bonds. The third-order valence-electron chi connectivity index (χ3n) is 4.36. The van der Waals surface area contributed by atoms with Crippen LogP contribution in [0.25, 0.3) is 21.8 Å². The number of amides is 1. The third-order valence-corrected chi connectivity index (χ3v) is 5.25. The van der Waals surface area contributed by atoms with Crippen molar-refractivity contribution in [3.63, 3.8) is 0 Å². The summed E-state index contributed by atoms with van der Waals surface area (Å²) in [6, 6.07) is 13.7. The molecule has 26 heavy (non-hydrogen) atoms. The maximum Gasteiger partial charge on any atom is 0.265 e. The number of hydrogen-bond donors (Lipinski definition) is 0. The molecule has 0 saturated heterocycles. The van der Waals surface area contributed by atoms with Gasteiger partial charge in [-0.25, -0.2) is 4.98 Å². The van der Waals surface area contributed by atoms with E-state index < -0.39 is 0 Å². The van der Waals surface area contributed by atoms with Gasteiger partial charge in [0.05, 0.1) is 18.5 Å². The number of rotatable bonds is 4. The molecule has 2 heterocycles. The number of carbonyl (C=O) groups is 1. The van der Waals surface area contributed by atoms with E-state index in [1.807, 2.05) is 54.8 Å². The van der Waals surface area contributed by atoms with Crippen molar-refractivity contribution in [3.05, 3.63) is 47.8 Å². The Balaban J connectivity index is 1.67. The predicted molar refractivity (Wildman–Crippen MR) is 103 cm³/mol. The average Bonchev–Trinajstić information content (AvgIpc) is 3.18. The number of thiazole rings is 1. The highest BCUT2D eigenvalue weighted by Gasteiger charge is 2.24. The molecule has 132 valence electrons. The normalized spacial score (nSPS) is 13.3. The Labute approximate surface area is 155 Å². The van der Waals surface area contributed by atoms with E-state index in [9.17, 15) is 4.79 Å². The zero-order valence-electron chi connectivity index (χ0n) is 14.6. The Morgan fingerprint density at radius 2 is 1.96 bits per heavy atom. The first-order chi connectivity index (χ1) is 12.7. The van der Waals surface area contributed by atoms with Crippen molar-refractivity contribution in [3.8, 4) is 33.3 Å². The fourth-order valence-corrected chi connectivity index (χ4v) is 3.82. The summed E-state index contributed by atoms with van der Waals surface area (Å²) < 4.78 is 10.7. The van der Waals surface area contributed by atoms with E-state index in [1.54, 1.807) is 23.3 Å². The van der Waals surface area contributed by atoms with Crippen LogP contribution in [-0.2, 0) is 4.79 Å². The molecule has 6 heteroatoms. The van der Waals surface area contributed by atoms with Crippen LogP contribution in [0.1, 0.15) is 6.92 Å². The van der Waals surface area contributed by atoms with Crippen LogP contribution in [0, 0.1) is 0 Å². The van der Waals surface area contributed by atoms with Gasteiger partial charge in [0.1, 0.15) is 16.5 Å². The minimum absolute atomic E-state index is 0.0191. The van der Waals surface area contributed by atoms with E-state index in [2.05, 4.69) is 0 Å². The fourth-order valence-electron chi connectivity index (χ4n) is 2.98. The molecule has 0 radical (unpaired) electrons. The Morgan fingerprint density at radius 3 is 2.69 bits per heavy atom. The van der Waals surface area contributed by atoms with Crippen molar-refractivity contribution in [2.24, 2.45) is 0 Å². The number of ether oxygens (including phenoxy) is 2. The number of anilines is 1. The van der Waals surface area contributed by atoms with Crippen molar-refractivity contribution in [2.45, 2.75) is 6.92 Å². The number of nitrogens with zero attached hydrogens (tertiary/aromatic N) is 2. The van der Waals surface area contributed by atoms with Gasteiger partial charge in [-0.1, -0.05) is 0 Å². The molecule has 3 aromatic rings. The second kappa shape index (κ2) is 6.80. The lowest BCUT2D eigenvalue weighted by atomic mass is 10.1. The van der Waals surface area contributed by atoms with E-state index in [-0.39, 0.29) is 12.5 Å². The Kier molecular flexibility index (Phi) is 4.34. The molecule has 1 aliphatic heterocycles. The van der Waals surface area contributed by atoms with Gasteiger partial charge in [0, 0.05) is 23.1 Å². The van der Waals surface area contributed by atoms with Gasteiger partial charge in [-0.3, -0.25) is 4.79 Å². The molecular formula is C20H18N2O3S. The summed E-state index contributed by atoms with van der Waals surface area (Å²) in [5.74, 6) is 1.54. The molecule has 0 spiro atoms. The standard InChI is InChI=1S/C20H18N2O3S/c1-3-22-17-10-14(6-9-18(17)25-11-19(22)23)16-12-26-20(21-16)13-4-7-15(24-2)8-5-13/h4-10,12H,3,11H2,1-2H3. The molecular weight excluding hydrogens is 348 g/mol. The van der Waals surface area contributed by atoms with Crippen molar-refractivity contribution in [2.75, 3.05) is 25.2 Å². The highest BCUT2D eigenvalue weighted by atomic mass is 32.1. The van der Waals surface area contributed by atoms with Gasteiger partial charge in [0.25, 0.3) is 5.91 Å². The largest absolute Gasteiger partial charge is 0.497 e. The molecule has 0 atom stereocenters. The van der Waals surface area contributed by atoms with Gasteiger partial charge in [0.2, 0.25) is 0 Å². The van der Waals surface area contributed by atoms with E-state index in [0.717, 1.165) is 39.0 Å². The lowest BCUT2D eigenvalue weighted by Crippen LogP contribution is -2.38. The minimum atomic E-state index is -0.0191. The highest BCUT2D eigenvalue weighted by Crippen LogP contribution is 2.37. The molecule has 0 aliphatic carbocycles. The van der Waals surface area contributed by atoms with Crippen molar-refractivity contribution >= 4 is 22.9 Å². The first-order valence-corrected chi connectivity index (χ1v) is 9.25. The van der Waals surface area contributed by atoms with Crippen LogP contribution < -0.4 is 14.4 Å². The first kappa shape index (κ1) is 16.6. The number of benzene rings is 2. The van der Waals surface area contributed by atoms with Crippen LogP contribution >= 0.6 is 11.3 Å². The predicted octanol–water partition coefficient (Wildman–Crippen LogP) is 4.23. The molecule has 0 saturated carbocycles. The molecule has 0 fully saturated rings. The molecule has 0 unspecified atom stereocenters. The highest BCUT2D eigenvalue weighted by molar-refractivity contribution is 7.13. The number of fused-ring (bicyclic) bond motifs is 1. The molecule has 1 aliphatic rings. The lowest BCUT2D eigenvalue weighted by molar-refractivity contribution is -0.121. The van der Waals surface area contributed by atoms with Crippen LogP contribution in [0.3, 0.4) is 0 Å². The van der Waals surface area contributed by atoms with Gasteiger partial charge in [-0.2, -0.15) is 0 Å². The lowest BCUT2D eigenvalue weighted by Gasteiger charge is -2.28. The Bertz CT molecular complexity index is 950. The second-order valence-electron chi connectivity index (χ2n) is 5.88. The van der Waals surface area contributed by atoms with Crippen molar-refractivity contribution in [1.29, 1.82) is 0 Å². The zero-order chi connectivity index (χ0) is 18.1. The zero-order valence-corrected chi connectivity index (χ0v) is 15.4. The van der Waals surface area contributed by atoms with E-state index >= 15 is 0 Å². The summed E-state index contributed by atoms with van der Waals surface area (Å²) in [4.78, 5) is 18.6. The van der Waals surface area contributed by atoms with Crippen LogP contribution in [0.4, 0.5) is 5.69 Å². The summed E-state index contributed by atoms with van der Waals surface area (Å²) in [6.45, 7) is 2.68. The van der Waals surface area contributed by atoms with E-state index in [1.165, 1.54) is 0 Å². The minimum Gasteiger partial charge on any atom is -0.497 e. The first-order valence-electron chi connectivity index (χ1n) is 8.37. The van der Waals surface area contributed by atoms with Crippen molar-refractivity contribution in [1.82, 2.24) is 4.98 Å². The smallest absolute Gasteiger partial charge is 0.265 e. The van der Waals surface area contributed by atoms with E-state index in [4.69, 9.17) is 14.5 Å². The topological polar surface area (TPSA) is 51.7 Å². The molecule has 0 bridgehead atoms. The average molecular weight is 366 g/mol. The Morgan fingerprint density at radius 1 is 1.19 bits per heavy atom. The summed E-state index contributed by atoms with van der Waals surface area (Å²) >= 11 is 1.59. The third kappa shape index (κ3) is 2.93. The second-order valence-corrected chi connectivity index (χ2v) is 6.73. The number of carbonyl (C=O) groups excluding carboxylic acids is 1. The Hall–Kier alpha value is -2.86. The quantitative estimate of drug-likeness (QED) is 0.693. The maximum absolute atomic E-state index is 12.1. The number of hydrogen-bond acceptors (Lipinski definition) is 5. The van der Waals surface area contributed by atoms with Crippen LogP contribution in [0.15, 0.2) is 47.8 Å². The van der Waals surface area contributed by atoms with Crippen LogP contribution in [0.5, 0.6) is 11.5 Å². The molecule has 2 aromatic carbocycles. The number of aromatic nitrogens is 1. The SMILES string of the molecule is CCN1C(=O)COc2ccc(-c3csc(-c4ccc(OC)cc4)n3)cc21. The summed E-state index contributed by atoms with van der Waals surface area (Å²) in [5, 5.41) is 2.98. The van der Waals surface area contributed by atoms with Gasteiger partial charge >= 0.3 is 0 Å². The number of methoxy groups -OCH3 is 1. The molecule has 5 nitrogen and oxygen atoms in total. The molecule has 1 aromatic heterocycles. The van der Waals surface area contributed by atoms with Crippen molar-refractivity contribution < 1.29 is 14.3 Å². The monoisotopic (exact) mass is 366 g/mol. The summed E-state index contributed by atoms with van der Waals surface area (Å²) in [5.41, 5.74) is 3.71. The van der Waals surface area contributed by atoms with Gasteiger partial charge < -0.3 is 14.4 Å². The summed E-state index contributed by atoms with van der Waals surface area (Å²) in [7, 11) is 1.65. The molecule has 0 N–H and O–H groups in total. The van der Waals surface area contributed by atoms with Gasteiger partial charge in [-0.05, 0) is 49.4 Å².